The second-order valence-corrected chi connectivity index (χ2v) is 5.29. The molecule has 15 heavy (non-hydrogen) atoms. The van der Waals surface area contributed by atoms with Crippen LogP contribution < -0.4 is 5.73 Å². The molecular formula is C12H23NO2. The zero-order valence-corrected chi connectivity index (χ0v) is 10.1. The predicted octanol–water partition coefficient (Wildman–Crippen LogP) is 2.09. The van der Waals surface area contributed by atoms with Gasteiger partial charge in [-0.2, -0.15) is 0 Å². The molecule has 0 amide bonds. The molecule has 3 nitrogen and oxygen atoms in total. The molecule has 0 aromatic rings. The van der Waals surface area contributed by atoms with Crippen LogP contribution in [0.3, 0.4) is 0 Å². The van der Waals surface area contributed by atoms with Crippen molar-refractivity contribution in [2.75, 3.05) is 6.54 Å². The van der Waals surface area contributed by atoms with Gasteiger partial charge >= 0.3 is 5.97 Å². The van der Waals surface area contributed by atoms with Crippen molar-refractivity contribution in [1.29, 1.82) is 0 Å². The molecule has 0 spiro atoms. The minimum Gasteiger partial charge on any atom is -0.462 e. The quantitative estimate of drug-likeness (QED) is 0.730. The first-order valence-corrected chi connectivity index (χ1v) is 5.88. The minimum atomic E-state index is -0.544. The van der Waals surface area contributed by atoms with Gasteiger partial charge in [0.05, 0.1) is 5.41 Å². The third-order valence-electron chi connectivity index (χ3n) is 3.35. The lowest BCUT2D eigenvalue weighted by Gasteiger charge is -2.31. The van der Waals surface area contributed by atoms with Crippen LogP contribution in [0.15, 0.2) is 0 Å². The second-order valence-electron chi connectivity index (χ2n) is 5.29. The zero-order valence-electron chi connectivity index (χ0n) is 10.1. The lowest BCUT2D eigenvalue weighted by atomic mass is 9.87. The molecular weight excluding hydrogens is 190 g/mol. The fourth-order valence-corrected chi connectivity index (χ4v) is 1.84. The van der Waals surface area contributed by atoms with Crippen LogP contribution in [0.5, 0.6) is 0 Å². The van der Waals surface area contributed by atoms with Crippen LogP contribution in [0.4, 0.5) is 0 Å². The molecule has 88 valence electrons. The monoisotopic (exact) mass is 213 g/mol. The molecule has 1 saturated carbocycles. The van der Waals surface area contributed by atoms with Crippen LogP contribution >= 0.6 is 0 Å². The highest BCUT2D eigenvalue weighted by Gasteiger charge is 2.32. The van der Waals surface area contributed by atoms with Gasteiger partial charge in [-0.3, -0.25) is 4.79 Å². The Kier molecular flexibility index (Phi) is 4.14. The largest absolute Gasteiger partial charge is 0.462 e. The molecule has 2 unspecified atom stereocenters. The SMILES string of the molecule is CC1CCCCC1OC(=O)C(C)(C)CN. The molecule has 1 aliphatic rings. The van der Waals surface area contributed by atoms with Crippen molar-refractivity contribution < 1.29 is 9.53 Å². The summed E-state index contributed by atoms with van der Waals surface area (Å²) < 4.78 is 5.54. The van der Waals surface area contributed by atoms with Crippen molar-refractivity contribution in [3.63, 3.8) is 0 Å². The normalized spacial score (nSPS) is 27.5. The molecule has 0 saturated heterocycles. The Morgan fingerprint density at radius 3 is 2.53 bits per heavy atom. The number of esters is 1. The molecule has 2 N–H and O–H groups in total. The first-order valence-electron chi connectivity index (χ1n) is 5.88. The van der Waals surface area contributed by atoms with E-state index in [4.69, 9.17) is 10.5 Å². The Labute approximate surface area is 92.4 Å². The van der Waals surface area contributed by atoms with Gasteiger partial charge in [-0.05, 0) is 39.0 Å². The molecule has 0 radical (unpaired) electrons. The van der Waals surface area contributed by atoms with Gasteiger partial charge in [0, 0.05) is 6.54 Å². The predicted molar refractivity (Wildman–Crippen MR) is 60.3 cm³/mol. The summed E-state index contributed by atoms with van der Waals surface area (Å²) in [5, 5.41) is 0. The minimum absolute atomic E-state index is 0.108. The van der Waals surface area contributed by atoms with Crippen molar-refractivity contribution in [1.82, 2.24) is 0 Å². The van der Waals surface area contributed by atoms with E-state index in [2.05, 4.69) is 6.92 Å². The van der Waals surface area contributed by atoms with E-state index in [1.54, 1.807) is 0 Å². The number of carbonyl (C=O) groups excluding carboxylic acids is 1. The summed E-state index contributed by atoms with van der Waals surface area (Å²) in [5.41, 5.74) is 5.00. The first kappa shape index (κ1) is 12.5. The van der Waals surface area contributed by atoms with Gasteiger partial charge < -0.3 is 10.5 Å². The maximum atomic E-state index is 11.8. The molecule has 1 fully saturated rings. The number of carbonyl (C=O) groups is 1. The number of rotatable bonds is 3. The molecule has 3 heteroatoms. The lowest BCUT2D eigenvalue weighted by Crippen LogP contribution is -2.38. The summed E-state index contributed by atoms with van der Waals surface area (Å²) in [7, 11) is 0. The Bertz CT molecular complexity index is 226. The fraction of sp³-hybridized carbons (Fsp3) is 0.917. The molecule has 1 aliphatic carbocycles. The smallest absolute Gasteiger partial charge is 0.313 e. The van der Waals surface area contributed by atoms with Crippen molar-refractivity contribution in [2.24, 2.45) is 17.1 Å². The van der Waals surface area contributed by atoms with Crippen LogP contribution in [0.1, 0.15) is 46.5 Å². The van der Waals surface area contributed by atoms with Crippen molar-refractivity contribution in [2.45, 2.75) is 52.6 Å². The molecule has 0 bridgehead atoms. The van der Waals surface area contributed by atoms with Gasteiger partial charge in [0.2, 0.25) is 0 Å². The van der Waals surface area contributed by atoms with E-state index in [0.717, 1.165) is 6.42 Å². The fourth-order valence-electron chi connectivity index (χ4n) is 1.84. The second kappa shape index (κ2) is 4.97. The molecule has 0 aromatic heterocycles. The van der Waals surface area contributed by atoms with Gasteiger partial charge in [0.25, 0.3) is 0 Å². The Morgan fingerprint density at radius 2 is 2.00 bits per heavy atom. The third-order valence-corrected chi connectivity index (χ3v) is 3.35. The van der Waals surface area contributed by atoms with Gasteiger partial charge in [0.1, 0.15) is 6.10 Å². The average Bonchev–Trinajstić information content (AvgIpc) is 2.21. The summed E-state index contributed by atoms with van der Waals surface area (Å²) >= 11 is 0. The Morgan fingerprint density at radius 1 is 1.40 bits per heavy atom. The van der Waals surface area contributed by atoms with Gasteiger partial charge in [-0.25, -0.2) is 0 Å². The highest BCUT2D eigenvalue weighted by atomic mass is 16.5. The maximum absolute atomic E-state index is 11.8. The first-order chi connectivity index (χ1) is 6.97. The maximum Gasteiger partial charge on any atom is 0.313 e. The lowest BCUT2D eigenvalue weighted by molar-refractivity contribution is -0.163. The van der Waals surface area contributed by atoms with Crippen LogP contribution in [-0.2, 0) is 9.53 Å². The van der Waals surface area contributed by atoms with Gasteiger partial charge in [-0.1, -0.05) is 13.3 Å². The van der Waals surface area contributed by atoms with E-state index in [9.17, 15) is 4.79 Å². The number of hydrogen-bond acceptors (Lipinski definition) is 3. The molecule has 0 aromatic carbocycles. The summed E-state index contributed by atoms with van der Waals surface area (Å²) in [6.45, 7) is 6.17. The zero-order chi connectivity index (χ0) is 11.5. The van der Waals surface area contributed by atoms with Gasteiger partial charge in [-0.15, -0.1) is 0 Å². The molecule has 1 rings (SSSR count). The molecule has 0 heterocycles. The van der Waals surface area contributed by atoms with Crippen molar-refractivity contribution in [3.05, 3.63) is 0 Å². The van der Waals surface area contributed by atoms with Crippen LogP contribution in [-0.4, -0.2) is 18.6 Å². The van der Waals surface area contributed by atoms with E-state index in [0.29, 0.717) is 12.5 Å². The van der Waals surface area contributed by atoms with E-state index < -0.39 is 5.41 Å². The van der Waals surface area contributed by atoms with E-state index in [-0.39, 0.29) is 12.1 Å². The van der Waals surface area contributed by atoms with Crippen molar-refractivity contribution >= 4 is 5.97 Å². The number of hydrogen-bond donors (Lipinski definition) is 1. The van der Waals surface area contributed by atoms with Crippen LogP contribution in [0, 0.1) is 11.3 Å². The average molecular weight is 213 g/mol. The molecule has 2 atom stereocenters. The Hall–Kier alpha value is -0.570. The standard InChI is InChI=1S/C12H23NO2/c1-9-6-4-5-7-10(9)15-11(14)12(2,3)8-13/h9-10H,4-8,13H2,1-3H3. The van der Waals surface area contributed by atoms with E-state index in [1.165, 1.54) is 19.3 Å². The van der Waals surface area contributed by atoms with Crippen molar-refractivity contribution in [3.8, 4) is 0 Å². The number of ether oxygens (including phenoxy) is 1. The topological polar surface area (TPSA) is 52.3 Å². The highest BCUT2D eigenvalue weighted by molar-refractivity contribution is 5.76. The van der Waals surface area contributed by atoms with E-state index in [1.807, 2.05) is 13.8 Å². The van der Waals surface area contributed by atoms with Gasteiger partial charge in [0.15, 0.2) is 0 Å². The van der Waals surface area contributed by atoms with Crippen LogP contribution in [0.25, 0.3) is 0 Å². The Balaban J connectivity index is 2.50. The summed E-state index contributed by atoms with van der Waals surface area (Å²) in [6, 6.07) is 0. The number of nitrogens with two attached hydrogens (primary N) is 1. The summed E-state index contributed by atoms with van der Waals surface area (Å²) in [6.07, 6.45) is 4.71. The third kappa shape index (κ3) is 3.20. The van der Waals surface area contributed by atoms with E-state index >= 15 is 0 Å². The molecule has 0 aliphatic heterocycles. The van der Waals surface area contributed by atoms with Crippen LogP contribution in [0.2, 0.25) is 0 Å². The summed E-state index contributed by atoms with van der Waals surface area (Å²) in [4.78, 5) is 11.8. The highest BCUT2D eigenvalue weighted by Crippen LogP contribution is 2.28. The summed E-state index contributed by atoms with van der Waals surface area (Å²) in [5.74, 6) is 0.347.